The van der Waals surface area contributed by atoms with Gasteiger partial charge in [0.15, 0.2) is 0 Å². The Labute approximate surface area is 109 Å². The monoisotopic (exact) mass is 249 g/mol. The molecule has 2 unspecified atom stereocenters. The average Bonchev–Trinajstić information content (AvgIpc) is 2.90. The van der Waals surface area contributed by atoms with Crippen LogP contribution in [0.5, 0.6) is 0 Å². The van der Waals surface area contributed by atoms with Gasteiger partial charge in [-0.15, -0.1) is 0 Å². The minimum atomic E-state index is -0.389. The van der Waals surface area contributed by atoms with Crippen LogP contribution in [0.4, 0.5) is 0 Å². The first-order valence-corrected chi connectivity index (χ1v) is 6.69. The van der Waals surface area contributed by atoms with E-state index < -0.39 is 0 Å². The summed E-state index contributed by atoms with van der Waals surface area (Å²) < 4.78 is 5.60. The van der Waals surface area contributed by atoms with E-state index in [0.717, 1.165) is 31.6 Å². The zero-order chi connectivity index (χ0) is 13.0. The summed E-state index contributed by atoms with van der Waals surface area (Å²) in [6, 6.07) is 8.32. The minimum Gasteiger partial charge on any atom is -0.394 e. The fourth-order valence-electron chi connectivity index (χ4n) is 2.32. The Morgan fingerprint density at radius 1 is 1.39 bits per heavy atom. The van der Waals surface area contributed by atoms with E-state index in [4.69, 9.17) is 4.74 Å². The van der Waals surface area contributed by atoms with E-state index >= 15 is 0 Å². The van der Waals surface area contributed by atoms with Crippen LogP contribution in [0.2, 0.25) is 0 Å². The van der Waals surface area contributed by atoms with Gasteiger partial charge in [0.1, 0.15) is 0 Å². The quantitative estimate of drug-likeness (QED) is 0.838. The van der Waals surface area contributed by atoms with Gasteiger partial charge in [-0.25, -0.2) is 0 Å². The van der Waals surface area contributed by atoms with E-state index in [0.29, 0.717) is 6.10 Å². The molecule has 0 aliphatic carbocycles. The molecule has 18 heavy (non-hydrogen) atoms. The van der Waals surface area contributed by atoms with Gasteiger partial charge in [0.05, 0.1) is 18.2 Å². The standard InChI is InChI=1S/C15H23NO2/c1-12-5-7-13(8-6-12)15(2,11-17)16-10-14-4-3-9-18-14/h5-8,14,16-17H,3-4,9-11H2,1-2H3. The first-order valence-electron chi connectivity index (χ1n) is 6.69. The van der Waals surface area contributed by atoms with Crippen LogP contribution in [0.25, 0.3) is 0 Å². The topological polar surface area (TPSA) is 41.5 Å². The van der Waals surface area contributed by atoms with Crippen LogP contribution < -0.4 is 5.32 Å². The van der Waals surface area contributed by atoms with Gasteiger partial charge in [-0.2, -0.15) is 0 Å². The molecule has 0 aromatic heterocycles. The highest BCUT2D eigenvalue weighted by Gasteiger charge is 2.27. The maximum atomic E-state index is 9.68. The number of ether oxygens (including phenoxy) is 1. The first-order chi connectivity index (χ1) is 8.64. The van der Waals surface area contributed by atoms with Crippen molar-refractivity contribution in [2.75, 3.05) is 19.8 Å². The highest BCUT2D eigenvalue weighted by atomic mass is 16.5. The van der Waals surface area contributed by atoms with Gasteiger partial charge < -0.3 is 15.2 Å². The van der Waals surface area contributed by atoms with Crippen LogP contribution in [-0.2, 0) is 10.3 Å². The van der Waals surface area contributed by atoms with Crippen molar-refractivity contribution < 1.29 is 9.84 Å². The van der Waals surface area contributed by atoms with E-state index in [-0.39, 0.29) is 12.1 Å². The minimum absolute atomic E-state index is 0.0861. The van der Waals surface area contributed by atoms with Crippen LogP contribution >= 0.6 is 0 Å². The van der Waals surface area contributed by atoms with Crippen LogP contribution in [0.15, 0.2) is 24.3 Å². The second-order valence-corrected chi connectivity index (χ2v) is 5.37. The molecule has 1 saturated heterocycles. The molecule has 0 bridgehead atoms. The zero-order valence-electron chi connectivity index (χ0n) is 11.3. The largest absolute Gasteiger partial charge is 0.394 e. The molecule has 0 radical (unpaired) electrons. The molecule has 1 aromatic carbocycles. The molecule has 1 aliphatic heterocycles. The van der Waals surface area contributed by atoms with E-state index in [2.05, 4.69) is 36.5 Å². The molecule has 2 atom stereocenters. The maximum absolute atomic E-state index is 9.68. The van der Waals surface area contributed by atoms with Crippen LogP contribution in [0.3, 0.4) is 0 Å². The lowest BCUT2D eigenvalue weighted by Crippen LogP contribution is -2.46. The number of aliphatic hydroxyl groups is 1. The molecule has 1 aromatic rings. The molecule has 100 valence electrons. The maximum Gasteiger partial charge on any atom is 0.0700 e. The Bertz CT molecular complexity index is 371. The Morgan fingerprint density at radius 2 is 2.11 bits per heavy atom. The summed E-state index contributed by atoms with van der Waals surface area (Å²) in [4.78, 5) is 0. The lowest BCUT2D eigenvalue weighted by Gasteiger charge is -2.31. The van der Waals surface area contributed by atoms with Gasteiger partial charge in [0, 0.05) is 13.2 Å². The van der Waals surface area contributed by atoms with Crippen molar-refractivity contribution in [3.63, 3.8) is 0 Å². The summed E-state index contributed by atoms with van der Waals surface area (Å²) in [5.74, 6) is 0. The summed E-state index contributed by atoms with van der Waals surface area (Å²) in [7, 11) is 0. The molecule has 0 spiro atoms. The predicted molar refractivity (Wildman–Crippen MR) is 72.6 cm³/mol. The molecule has 1 aliphatic rings. The Morgan fingerprint density at radius 3 is 2.67 bits per heavy atom. The molecule has 3 nitrogen and oxygen atoms in total. The molecule has 2 N–H and O–H groups in total. The highest BCUT2D eigenvalue weighted by molar-refractivity contribution is 5.27. The van der Waals surface area contributed by atoms with Crippen molar-refractivity contribution in [2.24, 2.45) is 0 Å². The highest BCUT2D eigenvalue weighted by Crippen LogP contribution is 2.21. The number of benzene rings is 1. The third-order valence-corrected chi connectivity index (χ3v) is 3.75. The van der Waals surface area contributed by atoms with Crippen LogP contribution in [0, 0.1) is 6.92 Å². The number of hydrogen-bond acceptors (Lipinski definition) is 3. The summed E-state index contributed by atoms with van der Waals surface area (Å²) in [6.45, 7) is 5.85. The fraction of sp³-hybridized carbons (Fsp3) is 0.600. The fourth-order valence-corrected chi connectivity index (χ4v) is 2.32. The first kappa shape index (κ1) is 13.5. The number of aryl methyl sites for hydroxylation is 1. The number of hydrogen-bond donors (Lipinski definition) is 2. The SMILES string of the molecule is Cc1ccc(C(C)(CO)NCC2CCCO2)cc1. The van der Waals surface area contributed by atoms with Crippen LogP contribution in [0.1, 0.15) is 30.9 Å². The van der Waals surface area contributed by atoms with Crippen molar-refractivity contribution in [2.45, 2.75) is 38.3 Å². The van der Waals surface area contributed by atoms with Gasteiger partial charge in [0.25, 0.3) is 0 Å². The molecular formula is C15H23NO2. The van der Waals surface area contributed by atoms with Gasteiger partial charge in [-0.1, -0.05) is 29.8 Å². The average molecular weight is 249 g/mol. The van der Waals surface area contributed by atoms with Gasteiger partial charge in [-0.05, 0) is 32.3 Å². The van der Waals surface area contributed by atoms with Gasteiger partial charge >= 0.3 is 0 Å². The van der Waals surface area contributed by atoms with E-state index in [9.17, 15) is 5.11 Å². The third kappa shape index (κ3) is 3.10. The summed E-state index contributed by atoms with van der Waals surface area (Å²) >= 11 is 0. The second-order valence-electron chi connectivity index (χ2n) is 5.37. The Kier molecular flexibility index (Phi) is 4.38. The Hall–Kier alpha value is -0.900. The number of rotatable bonds is 5. The summed E-state index contributed by atoms with van der Waals surface area (Å²) in [5.41, 5.74) is 1.96. The molecule has 0 saturated carbocycles. The van der Waals surface area contributed by atoms with Crippen molar-refractivity contribution in [1.29, 1.82) is 0 Å². The molecule has 1 fully saturated rings. The van der Waals surface area contributed by atoms with Gasteiger partial charge in [-0.3, -0.25) is 0 Å². The van der Waals surface area contributed by atoms with E-state index in [1.54, 1.807) is 0 Å². The molecule has 0 amide bonds. The second kappa shape index (κ2) is 5.83. The zero-order valence-corrected chi connectivity index (χ0v) is 11.3. The summed E-state index contributed by atoms with van der Waals surface area (Å²) in [6.07, 6.45) is 2.55. The molecular weight excluding hydrogens is 226 g/mol. The predicted octanol–water partition coefficient (Wildman–Crippen LogP) is 1.97. The van der Waals surface area contributed by atoms with Crippen LogP contribution in [-0.4, -0.2) is 31.0 Å². The normalized spacial score (nSPS) is 22.9. The number of aliphatic hydroxyl groups excluding tert-OH is 1. The van der Waals surface area contributed by atoms with E-state index in [1.807, 2.05) is 6.92 Å². The Balaban J connectivity index is 2.01. The lowest BCUT2D eigenvalue weighted by molar-refractivity contribution is 0.0910. The van der Waals surface area contributed by atoms with Crippen molar-refractivity contribution in [3.05, 3.63) is 35.4 Å². The van der Waals surface area contributed by atoms with E-state index in [1.165, 1.54) is 5.56 Å². The lowest BCUT2D eigenvalue weighted by atomic mass is 9.92. The molecule has 3 heteroatoms. The smallest absolute Gasteiger partial charge is 0.0700 e. The number of nitrogens with one attached hydrogen (secondary N) is 1. The summed E-state index contributed by atoms with van der Waals surface area (Å²) in [5, 5.41) is 13.1. The van der Waals surface area contributed by atoms with Crippen molar-refractivity contribution in [3.8, 4) is 0 Å². The molecule has 2 rings (SSSR count). The third-order valence-electron chi connectivity index (χ3n) is 3.75. The van der Waals surface area contributed by atoms with Crippen molar-refractivity contribution in [1.82, 2.24) is 5.32 Å². The molecule has 1 heterocycles. The van der Waals surface area contributed by atoms with Gasteiger partial charge in [0.2, 0.25) is 0 Å². The van der Waals surface area contributed by atoms with Crippen molar-refractivity contribution >= 4 is 0 Å².